The van der Waals surface area contributed by atoms with Gasteiger partial charge in [-0.25, -0.2) is 9.97 Å². The Morgan fingerprint density at radius 1 is 1.28 bits per heavy atom. The summed E-state index contributed by atoms with van der Waals surface area (Å²) in [6, 6.07) is 9.98. The van der Waals surface area contributed by atoms with Crippen LogP contribution in [0.3, 0.4) is 0 Å². The van der Waals surface area contributed by atoms with Gasteiger partial charge in [-0.1, -0.05) is 6.07 Å². The second-order valence-electron chi connectivity index (χ2n) is 4.27. The number of rotatable bonds is 3. The fourth-order valence-corrected chi connectivity index (χ4v) is 1.89. The quantitative estimate of drug-likeness (QED) is 0.762. The smallest absolute Gasteiger partial charge is 0.137 e. The standard InChI is InChI=1S/C14H14N4/c1-11-5-6-15-13(8-11)16-9-12-10-18-7-3-2-4-14(18)17-12/h2-8,10H,9H2,1H3,(H,15,16). The molecule has 0 radical (unpaired) electrons. The molecule has 18 heavy (non-hydrogen) atoms. The summed E-state index contributed by atoms with van der Waals surface area (Å²) < 4.78 is 2.01. The normalized spacial score (nSPS) is 10.7. The highest BCUT2D eigenvalue weighted by molar-refractivity contribution is 5.41. The van der Waals surface area contributed by atoms with Crippen molar-refractivity contribution in [1.29, 1.82) is 0 Å². The van der Waals surface area contributed by atoms with Gasteiger partial charge in [-0.3, -0.25) is 0 Å². The van der Waals surface area contributed by atoms with E-state index in [1.165, 1.54) is 5.56 Å². The van der Waals surface area contributed by atoms with Gasteiger partial charge in [0.25, 0.3) is 0 Å². The van der Waals surface area contributed by atoms with E-state index in [0.717, 1.165) is 17.2 Å². The van der Waals surface area contributed by atoms with E-state index in [1.807, 2.05) is 47.1 Å². The molecule has 0 saturated carbocycles. The van der Waals surface area contributed by atoms with Gasteiger partial charge in [0.15, 0.2) is 0 Å². The summed E-state index contributed by atoms with van der Waals surface area (Å²) in [6.07, 6.45) is 5.83. The van der Waals surface area contributed by atoms with Gasteiger partial charge in [-0.15, -0.1) is 0 Å². The number of imidazole rings is 1. The van der Waals surface area contributed by atoms with Gasteiger partial charge in [0.1, 0.15) is 11.5 Å². The van der Waals surface area contributed by atoms with Crippen LogP contribution in [-0.4, -0.2) is 14.4 Å². The molecule has 0 saturated heterocycles. The first-order valence-corrected chi connectivity index (χ1v) is 5.90. The molecule has 0 fully saturated rings. The zero-order chi connectivity index (χ0) is 12.4. The van der Waals surface area contributed by atoms with Crippen LogP contribution in [0.15, 0.2) is 48.9 Å². The zero-order valence-corrected chi connectivity index (χ0v) is 10.2. The largest absolute Gasteiger partial charge is 0.364 e. The number of nitrogens with zero attached hydrogens (tertiary/aromatic N) is 3. The van der Waals surface area contributed by atoms with Gasteiger partial charge in [-0.2, -0.15) is 0 Å². The van der Waals surface area contributed by atoms with Gasteiger partial charge >= 0.3 is 0 Å². The van der Waals surface area contributed by atoms with Crippen molar-refractivity contribution in [3.8, 4) is 0 Å². The third kappa shape index (κ3) is 2.18. The van der Waals surface area contributed by atoms with Crippen LogP contribution < -0.4 is 5.32 Å². The van der Waals surface area contributed by atoms with Crippen LogP contribution in [-0.2, 0) is 6.54 Å². The van der Waals surface area contributed by atoms with Crippen LogP contribution in [0.25, 0.3) is 5.65 Å². The van der Waals surface area contributed by atoms with E-state index in [1.54, 1.807) is 6.20 Å². The Balaban J connectivity index is 1.76. The maximum absolute atomic E-state index is 4.52. The first-order chi connectivity index (χ1) is 8.81. The molecule has 1 N–H and O–H groups in total. The van der Waals surface area contributed by atoms with Crippen molar-refractivity contribution in [2.45, 2.75) is 13.5 Å². The molecular weight excluding hydrogens is 224 g/mol. The van der Waals surface area contributed by atoms with Crippen molar-refractivity contribution in [2.75, 3.05) is 5.32 Å². The molecule has 0 aliphatic heterocycles. The molecule has 3 aromatic rings. The van der Waals surface area contributed by atoms with Crippen molar-refractivity contribution in [3.05, 3.63) is 60.2 Å². The lowest BCUT2D eigenvalue weighted by molar-refractivity contribution is 1.05. The Kier molecular flexibility index (Phi) is 2.68. The monoisotopic (exact) mass is 238 g/mol. The molecule has 0 spiro atoms. The van der Waals surface area contributed by atoms with E-state index in [9.17, 15) is 0 Å². The number of hydrogen-bond acceptors (Lipinski definition) is 3. The summed E-state index contributed by atoms with van der Waals surface area (Å²) in [5, 5.41) is 3.28. The Bertz CT molecular complexity index is 639. The summed E-state index contributed by atoms with van der Waals surface area (Å²) in [7, 11) is 0. The minimum atomic E-state index is 0.679. The second kappa shape index (κ2) is 4.49. The highest BCUT2D eigenvalue weighted by Gasteiger charge is 2.01. The molecule has 0 amide bonds. The first kappa shape index (κ1) is 10.8. The molecule has 0 atom stereocenters. The fourth-order valence-electron chi connectivity index (χ4n) is 1.89. The molecular formula is C14H14N4. The Labute approximate surface area is 105 Å². The number of aryl methyl sites for hydroxylation is 1. The van der Waals surface area contributed by atoms with Gasteiger partial charge in [0.2, 0.25) is 0 Å². The Hall–Kier alpha value is -2.36. The Morgan fingerprint density at radius 3 is 3.06 bits per heavy atom. The van der Waals surface area contributed by atoms with E-state index in [4.69, 9.17) is 0 Å². The molecule has 3 heterocycles. The van der Waals surface area contributed by atoms with E-state index >= 15 is 0 Å². The van der Waals surface area contributed by atoms with Crippen LogP contribution in [0.5, 0.6) is 0 Å². The van der Waals surface area contributed by atoms with E-state index in [2.05, 4.69) is 22.2 Å². The minimum absolute atomic E-state index is 0.679. The number of aromatic nitrogens is 3. The Morgan fingerprint density at radius 2 is 2.22 bits per heavy atom. The maximum atomic E-state index is 4.52. The number of pyridine rings is 2. The molecule has 3 rings (SSSR count). The third-order valence-corrected chi connectivity index (χ3v) is 2.78. The lowest BCUT2D eigenvalue weighted by Crippen LogP contribution is -2.01. The van der Waals surface area contributed by atoms with Crippen LogP contribution in [0.1, 0.15) is 11.3 Å². The second-order valence-corrected chi connectivity index (χ2v) is 4.27. The van der Waals surface area contributed by atoms with Crippen molar-refractivity contribution >= 4 is 11.5 Å². The molecule has 0 bridgehead atoms. The van der Waals surface area contributed by atoms with Crippen molar-refractivity contribution < 1.29 is 0 Å². The zero-order valence-electron chi connectivity index (χ0n) is 10.2. The first-order valence-electron chi connectivity index (χ1n) is 5.90. The summed E-state index contributed by atoms with van der Waals surface area (Å²) in [6.45, 7) is 2.73. The highest BCUT2D eigenvalue weighted by Crippen LogP contribution is 2.09. The molecule has 4 heteroatoms. The summed E-state index contributed by atoms with van der Waals surface area (Å²) >= 11 is 0. The maximum Gasteiger partial charge on any atom is 0.137 e. The van der Waals surface area contributed by atoms with Crippen molar-refractivity contribution in [1.82, 2.24) is 14.4 Å². The van der Waals surface area contributed by atoms with Crippen molar-refractivity contribution in [3.63, 3.8) is 0 Å². The fraction of sp³-hybridized carbons (Fsp3) is 0.143. The lowest BCUT2D eigenvalue weighted by Gasteiger charge is -2.03. The van der Waals surface area contributed by atoms with Crippen LogP contribution in [0, 0.1) is 6.92 Å². The SMILES string of the molecule is Cc1ccnc(NCc2cn3ccccc3n2)c1. The predicted octanol–water partition coefficient (Wildman–Crippen LogP) is 2.65. The number of hydrogen-bond donors (Lipinski definition) is 1. The topological polar surface area (TPSA) is 42.2 Å². The molecule has 0 aliphatic rings. The lowest BCUT2D eigenvalue weighted by atomic mass is 10.3. The van der Waals surface area contributed by atoms with Gasteiger partial charge in [0.05, 0.1) is 12.2 Å². The van der Waals surface area contributed by atoms with Crippen molar-refractivity contribution in [2.24, 2.45) is 0 Å². The van der Waals surface area contributed by atoms with E-state index in [0.29, 0.717) is 6.54 Å². The van der Waals surface area contributed by atoms with E-state index in [-0.39, 0.29) is 0 Å². The highest BCUT2D eigenvalue weighted by atomic mass is 15.0. The molecule has 0 aromatic carbocycles. The minimum Gasteiger partial charge on any atom is -0.364 e. The van der Waals surface area contributed by atoms with E-state index < -0.39 is 0 Å². The predicted molar refractivity (Wildman–Crippen MR) is 71.5 cm³/mol. The van der Waals surface area contributed by atoms with Crippen LogP contribution >= 0.6 is 0 Å². The summed E-state index contributed by atoms with van der Waals surface area (Å²) in [5.41, 5.74) is 3.17. The number of fused-ring (bicyclic) bond motifs is 1. The summed E-state index contributed by atoms with van der Waals surface area (Å²) in [5.74, 6) is 0.882. The molecule has 0 unspecified atom stereocenters. The van der Waals surface area contributed by atoms with Crippen LogP contribution in [0.4, 0.5) is 5.82 Å². The summed E-state index contributed by atoms with van der Waals surface area (Å²) in [4.78, 5) is 8.79. The average Bonchev–Trinajstić information content (AvgIpc) is 2.79. The van der Waals surface area contributed by atoms with Crippen LogP contribution in [0.2, 0.25) is 0 Å². The molecule has 0 aliphatic carbocycles. The van der Waals surface area contributed by atoms with Gasteiger partial charge in [-0.05, 0) is 36.8 Å². The number of anilines is 1. The third-order valence-electron chi connectivity index (χ3n) is 2.78. The molecule has 3 aromatic heterocycles. The van der Waals surface area contributed by atoms with Gasteiger partial charge < -0.3 is 9.72 Å². The molecule has 4 nitrogen and oxygen atoms in total. The number of nitrogens with one attached hydrogen (secondary N) is 1. The van der Waals surface area contributed by atoms with Gasteiger partial charge in [0, 0.05) is 18.6 Å². The average molecular weight is 238 g/mol. The molecule has 90 valence electrons.